The fourth-order valence-corrected chi connectivity index (χ4v) is 3.10. The van der Waals surface area contributed by atoms with Gasteiger partial charge >= 0.3 is 0 Å². The SMILES string of the molecule is CN(CCCNCC=Cc1ccccc1)C1CCCCC1. The molecule has 1 aliphatic rings. The third-order valence-electron chi connectivity index (χ3n) is 4.43. The van der Waals surface area contributed by atoms with E-state index < -0.39 is 0 Å². The molecule has 0 bridgehead atoms. The molecule has 1 aliphatic carbocycles. The van der Waals surface area contributed by atoms with E-state index in [2.05, 4.69) is 59.7 Å². The molecule has 0 aliphatic heterocycles. The zero-order valence-electron chi connectivity index (χ0n) is 13.4. The summed E-state index contributed by atoms with van der Waals surface area (Å²) in [5.74, 6) is 0. The highest BCUT2D eigenvalue weighted by Gasteiger charge is 2.16. The summed E-state index contributed by atoms with van der Waals surface area (Å²) in [5, 5.41) is 3.50. The minimum absolute atomic E-state index is 0.844. The first-order chi connectivity index (χ1) is 10.4. The number of hydrogen-bond donors (Lipinski definition) is 1. The molecule has 0 unspecified atom stereocenters. The van der Waals surface area contributed by atoms with Gasteiger partial charge in [0.2, 0.25) is 0 Å². The second-order valence-electron chi connectivity index (χ2n) is 6.14. The molecule has 1 fully saturated rings. The normalized spacial score (nSPS) is 16.9. The molecule has 2 rings (SSSR count). The Kier molecular flexibility index (Phi) is 7.55. The topological polar surface area (TPSA) is 15.3 Å². The van der Waals surface area contributed by atoms with Crippen LogP contribution in [0.15, 0.2) is 36.4 Å². The number of rotatable bonds is 8. The van der Waals surface area contributed by atoms with Crippen LogP contribution in [0.2, 0.25) is 0 Å². The largest absolute Gasteiger partial charge is 0.313 e. The van der Waals surface area contributed by atoms with Gasteiger partial charge in [0.15, 0.2) is 0 Å². The van der Waals surface area contributed by atoms with Crippen LogP contribution >= 0.6 is 0 Å². The van der Waals surface area contributed by atoms with E-state index in [-0.39, 0.29) is 0 Å². The lowest BCUT2D eigenvalue weighted by Gasteiger charge is -2.31. The molecular formula is C19H30N2. The van der Waals surface area contributed by atoms with Gasteiger partial charge in [0.25, 0.3) is 0 Å². The van der Waals surface area contributed by atoms with E-state index in [0.717, 1.165) is 19.1 Å². The highest BCUT2D eigenvalue weighted by Crippen LogP contribution is 2.21. The van der Waals surface area contributed by atoms with Crippen molar-refractivity contribution in [1.82, 2.24) is 10.2 Å². The summed E-state index contributed by atoms with van der Waals surface area (Å²) >= 11 is 0. The Hall–Kier alpha value is -1.12. The van der Waals surface area contributed by atoms with E-state index in [4.69, 9.17) is 0 Å². The van der Waals surface area contributed by atoms with E-state index in [0.29, 0.717) is 0 Å². The molecule has 0 aromatic heterocycles. The van der Waals surface area contributed by atoms with E-state index >= 15 is 0 Å². The molecule has 0 saturated heterocycles. The van der Waals surface area contributed by atoms with E-state index in [1.165, 1.54) is 50.6 Å². The molecule has 0 amide bonds. The first-order valence-corrected chi connectivity index (χ1v) is 8.49. The molecule has 1 N–H and O–H groups in total. The quantitative estimate of drug-likeness (QED) is 0.728. The Morgan fingerprint density at radius 2 is 1.90 bits per heavy atom. The summed E-state index contributed by atoms with van der Waals surface area (Å²) in [6.07, 6.45) is 12.7. The van der Waals surface area contributed by atoms with E-state index in [9.17, 15) is 0 Å². The zero-order chi connectivity index (χ0) is 14.8. The predicted octanol–water partition coefficient (Wildman–Crippen LogP) is 3.94. The lowest BCUT2D eigenvalue weighted by Crippen LogP contribution is -2.35. The van der Waals surface area contributed by atoms with Gasteiger partial charge in [0.1, 0.15) is 0 Å². The van der Waals surface area contributed by atoms with Gasteiger partial charge in [0.05, 0.1) is 0 Å². The summed E-state index contributed by atoms with van der Waals surface area (Å²) < 4.78 is 0. The standard InChI is InChI=1S/C19H30N2/c1-21(19-13-6-3-7-14-19)17-9-16-20-15-8-12-18-10-4-2-5-11-18/h2,4-5,8,10-12,19-20H,3,6-7,9,13-17H2,1H3. The monoisotopic (exact) mass is 286 g/mol. The molecule has 2 heteroatoms. The van der Waals surface area contributed by atoms with Gasteiger partial charge in [-0.1, -0.05) is 61.7 Å². The zero-order valence-corrected chi connectivity index (χ0v) is 13.4. The highest BCUT2D eigenvalue weighted by atomic mass is 15.1. The van der Waals surface area contributed by atoms with Crippen molar-refractivity contribution < 1.29 is 0 Å². The van der Waals surface area contributed by atoms with Gasteiger partial charge in [-0.05, 0) is 45.0 Å². The molecule has 116 valence electrons. The van der Waals surface area contributed by atoms with Crippen LogP contribution in [-0.4, -0.2) is 37.6 Å². The number of hydrogen-bond acceptors (Lipinski definition) is 2. The van der Waals surface area contributed by atoms with E-state index in [1.54, 1.807) is 0 Å². The summed E-state index contributed by atoms with van der Waals surface area (Å²) in [7, 11) is 2.30. The lowest BCUT2D eigenvalue weighted by atomic mass is 9.94. The summed E-state index contributed by atoms with van der Waals surface area (Å²) in [6, 6.07) is 11.3. The maximum Gasteiger partial charge on any atom is 0.0138 e. The van der Waals surface area contributed by atoms with Crippen molar-refractivity contribution in [1.29, 1.82) is 0 Å². The van der Waals surface area contributed by atoms with Gasteiger partial charge in [-0.3, -0.25) is 0 Å². The van der Waals surface area contributed by atoms with Crippen molar-refractivity contribution in [3.05, 3.63) is 42.0 Å². The Balaban J connectivity index is 1.51. The highest BCUT2D eigenvalue weighted by molar-refractivity contribution is 5.48. The fourth-order valence-electron chi connectivity index (χ4n) is 3.10. The summed E-state index contributed by atoms with van der Waals surface area (Å²) in [5.41, 5.74) is 1.27. The van der Waals surface area contributed by atoms with Crippen LogP contribution in [0.4, 0.5) is 0 Å². The maximum absolute atomic E-state index is 3.50. The predicted molar refractivity (Wildman–Crippen MR) is 92.5 cm³/mol. The number of nitrogens with zero attached hydrogens (tertiary/aromatic N) is 1. The maximum atomic E-state index is 3.50. The average molecular weight is 286 g/mol. The molecule has 0 spiro atoms. The molecular weight excluding hydrogens is 256 g/mol. The Morgan fingerprint density at radius 1 is 1.14 bits per heavy atom. The van der Waals surface area contributed by atoms with Crippen molar-refractivity contribution in [2.45, 2.75) is 44.6 Å². The molecule has 0 atom stereocenters. The second-order valence-corrected chi connectivity index (χ2v) is 6.14. The van der Waals surface area contributed by atoms with Crippen molar-refractivity contribution >= 4 is 6.08 Å². The average Bonchev–Trinajstić information content (AvgIpc) is 2.55. The first-order valence-electron chi connectivity index (χ1n) is 8.49. The van der Waals surface area contributed by atoms with Gasteiger partial charge < -0.3 is 10.2 Å². The van der Waals surface area contributed by atoms with Crippen molar-refractivity contribution in [2.75, 3.05) is 26.7 Å². The molecule has 21 heavy (non-hydrogen) atoms. The molecule has 0 heterocycles. The van der Waals surface area contributed by atoms with Crippen LogP contribution in [0, 0.1) is 0 Å². The molecule has 2 nitrogen and oxygen atoms in total. The van der Waals surface area contributed by atoms with Crippen molar-refractivity contribution in [2.24, 2.45) is 0 Å². The molecule has 1 aromatic carbocycles. The van der Waals surface area contributed by atoms with Crippen LogP contribution in [-0.2, 0) is 0 Å². The summed E-state index contributed by atoms with van der Waals surface area (Å²) in [4.78, 5) is 2.57. The third kappa shape index (κ3) is 6.45. The number of benzene rings is 1. The van der Waals surface area contributed by atoms with Gasteiger partial charge in [-0.15, -0.1) is 0 Å². The minimum Gasteiger partial charge on any atom is -0.313 e. The first kappa shape index (κ1) is 16.3. The molecule has 1 aromatic rings. The van der Waals surface area contributed by atoms with Crippen molar-refractivity contribution in [3.63, 3.8) is 0 Å². The Labute approximate surface area is 130 Å². The van der Waals surface area contributed by atoms with E-state index in [1.807, 2.05) is 0 Å². The molecule has 1 saturated carbocycles. The number of nitrogens with one attached hydrogen (secondary N) is 1. The Bertz CT molecular complexity index is 393. The van der Waals surface area contributed by atoms with Gasteiger partial charge in [0, 0.05) is 12.6 Å². The summed E-state index contributed by atoms with van der Waals surface area (Å²) in [6.45, 7) is 3.29. The smallest absolute Gasteiger partial charge is 0.0138 e. The van der Waals surface area contributed by atoms with Crippen LogP contribution in [0.25, 0.3) is 6.08 Å². The van der Waals surface area contributed by atoms with Crippen LogP contribution in [0.1, 0.15) is 44.1 Å². The van der Waals surface area contributed by atoms with Crippen LogP contribution < -0.4 is 5.32 Å². The molecule has 0 radical (unpaired) electrons. The van der Waals surface area contributed by atoms with Gasteiger partial charge in [-0.25, -0.2) is 0 Å². The second kappa shape index (κ2) is 9.75. The van der Waals surface area contributed by atoms with Gasteiger partial charge in [-0.2, -0.15) is 0 Å². The van der Waals surface area contributed by atoms with Crippen LogP contribution in [0.5, 0.6) is 0 Å². The minimum atomic E-state index is 0.844. The van der Waals surface area contributed by atoms with Crippen molar-refractivity contribution in [3.8, 4) is 0 Å². The lowest BCUT2D eigenvalue weighted by molar-refractivity contribution is 0.190. The third-order valence-corrected chi connectivity index (χ3v) is 4.43. The van der Waals surface area contributed by atoms with Crippen LogP contribution in [0.3, 0.4) is 0 Å². The fraction of sp³-hybridized carbons (Fsp3) is 0.579. The Morgan fingerprint density at radius 3 is 2.67 bits per heavy atom.